The molecule has 0 amide bonds. The van der Waals surface area contributed by atoms with E-state index in [4.69, 9.17) is 16.2 Å². The van der Waals surface area contributed by atoms with E-state index in [0.29, 0.717) is 0 Å². The van der Waals surface area contributed by atoms with Crippen LogP contribution in [0.1, 0.15) is 97.8 Å². The summed E-state index contributed by atoms with van der Waals surface area (Å²) in [6.07, 6.45) is 15.1. The van der Waals surface area contributed by atoms with Crippen molar-refractivity contribution in [1.29, 1.82) is 0 Å². The standard InChI is InChI=1S/C20H43N3O2/c1-4-6-8-10-12-14-16-23(17-15-13-11-9-7-5-2)18-19(24)25-20(3,21)22/h4-18,21-22H2,1-3H3. The number of rotatable bonds is 17. The Hall–Kier alpha value is -0.650. The van der Waals surface area contributed by atoms with Crippen LogP contribution >= 0.6 is 0 Å². The van der Waals surface area contributed by atoms with Crippen LogP contribution in [0.15, 0.2) is 0 Å². The van der Waals surface area contributed by atoms with Gasteiger partial charge in [0.1, 0.15) is 0 Å². The lowest BCUT2D eigenvalue weighted by atomic mass is 10.1. The van der Waals surface area contributed by atoms with Crippen molar-refractivity contribution in [3.8, 4) is 0 Å². The van der Waals surface area contributed by atoms with Crippen LogP contribution in [0.5, 0.6) is 0 Å². The molecule has 0 bridgehead atoms. The van der Waals surface area contributed by atoms with Gasteiger partial charge in [-0.05, 0) is 25.9 Å². The molecule has 0 radical (unpaired) electrons. The van der Waals surface area contributed by atoms with E-state index in [2.05, 4.69) is 18.7 Å². The average molecular weight is 358 g/mol. The highest BCUT2D eigenvalue weighted by Gasteiger charge is 2.19. The van der Waals surface area contributed by atoms with Crippen molar-refractivity contribution in [2.24, 2.45) is 11.5 Å². The second-order valence-electron chi connectivity index (χ2n) is 7.47. The minimum Gasteiger partial charge on any atom is -0.430 e. The van der Waals surface area contributed by atoms with Gasteiger partial charge in [-0.1, -0.05) is 78.1 Å². The van der Waals surface area contributed by atoms with Crippen molar-refractivity contribution in [3.63, 3.8) is 0 Å². The number of carbonyl (C=O) groups is 1. The molecule has 0 aliphatic rings. The summed E-state index contributed by atoms with van der Waals surface area (Å²) in [7, 11) is 0. The second kappa shape index (κ2) is 15.6. The maximum absolute atomic E-state index is 12.0. The first kappa shape index (κ1) is 24.4. The van der Waals surface area contributed by atoms with Gasteiger partial charge in [-0.2, -0.15) is 0 Å². The molecule has 0 aromatic carbocycles. The average Bonchev–Trinajstić information content (AvgIpc) is 2.51. The molecule has 5 heteroatoms. The lowest BCUT2D eigenvalue weighted by Gasteiger charge is -2.24. The summed E-state index contributed by atoms with van der Waals surface area (Å²) < 4.78 is 5.06. The quantitative estimate of drug-likeness (QED) is 0.232. The van der Waals surface area contributed by atoms with Crippen LogP contribution in [0.3, 0.4) is 0 Å². The van der Waals surface area contributed by atoms with Gasteiger partial charge < -0.3 is 4.74 Å². The molecular formula is C20H43N3O2. The molecule has 150 valence electrons. The molecule has 0 saturated heterocycles. The summed E-state index contributed by atoms with van der Waals surface area (Å²) in [4.78, 5) is 14.2. The Morgan fingerprint density at radius 2 is 1.20 bits per heavy atom. The Bertz CT molecular complexity index is 301. The molecule has 0 fully saturated rings. The van der Waals surface area contributed by atoms with Crippen LogP contribution in [-0.4, -0.2) is 36.4 Å². The monoisotopic (exact) mass is 357 g/mol. The van der Waals surface area contributed by atoms with Crippen LogP contribution in [0.25, 0.3) is 0 Å². The molecule has 25 heavy (non-hydrogen) atoms. The number of nitrogens with two attached hydrogens (primary N) is 2. The van der Waals surface area contributed by atoms with Crippen molar-refractivity contribution in [2.45, 2.75) is 104 Å². The molecule has 0 aromatic heterocycles. The van der Waals surface area contributed by atoms with Crippen LogP contribution in [0, 0.1) is 0 Å². The summed E-state index contributed by atoms with van der Waals surface area (Å²) >= 11 is 0. The highest BCUT2D eigenvalue weighted by molar-refractivity contribution is 5.72. The highest BCUT2D eigenvalue weighted by Crippen LogP contribution is 2.09. The van der Waals surface area contributed by atoms with Crippen molar-refractivity contribution < 1.29 is 9.53 Å². The Labute approximate surface area is 155 Å². The summed E-state index contributed by atoms with van der Waals surface area (Å²) in [5.74, 6) is -1.72. The van der Waals surface area contributed by atoms with Gasteiger partial charge in [0, 0.05) is 6.92 Å². The smallest absolute Gasteiger partial charge is 0.322 e. The molecule has 5 nitrogen and oxygen atoms in total. The van der Waals surface area contributed by atoms with Gasteiger partial charge in [-0.25, -0.2) is 0 Å². The van der Waals surface area contributed by atoms with Crippen molar-refractivity contribution in [3.05, 3.63) is 0 Å². The normalized spacial score (nSPS) is 11.9. The van der Waals surface area contributed by atoms with Gasteiger partial charge in [-0.3, -0.25) is 21.2 Å². The van der Waals surface area contributed by atoms with Crippen LogP contribution < -0.4 is 11.5 Å². The molecule has 0 rings (SSSR count). The van der Waals surface area contributed by atoms with E-state index in [1.54, 1.807) is 0 Å². The van der Waals surface area contributed by atoms with E-state index in [1.165, 1.54) is 71.1 Å². The topological polar surface area (TPSA) is 81.6 Å². The Morgan fingerprint density at radius 1 is 0.800 bits per heavy atom. The van der Waals surface area contributed by atoms with E-state index >= 15 is 0 Å². The van der Waals surface area contributed by atoms with Crippen LogP contribution in [0.4, 0.5) is 0 Å². The number of unbranched alkanes of at least 4 members (excludes halogenated alkanes) is 10. The molecule has 0 aliphatic carbocycles. The van der Waals surface area contributed by atoms with Gasteiger partial charge in [0.15, 0.2) is 0 Å². The Balaban J connectivity index is 4.10. The van der Waals surface area contributed by atoms with Gasteiger partial charge >= 0.3 is 5.97 Å². The number of ether oxygens (including phenoxy) is 1. The maximum Gasteiger partial charge on any atom is 0.322 e. The predicted octanol–water partition coefficient (Wildman–Crippen LogP) is 4.14. The lowest BCUT2D eigenvalue weighted by Crippen LogP contribution is -2.51. The van der Waals surface area contributed by atoms with Crippen LogP contribution in [0.2, 0.25) is 0 Å². The maximum atomic E-state index is 12.0. The molecule has 0 atom stereocenters. The molecule has 4 N–H and O–H groups in total. The molecular weight excluding hydrogens is 314 g/mol. The zero-order valence-corrected chi connectivity index (χ0v) is 17.0. The third kappa shape index (κ3) is 18.0. The number of esters is 1. The summed E-state index contributed by atoms with van der Waals surface area (Å²) in [5.41, 5.74) is 11.1. The first-order chi connectivity index (χ1) is 11.9. The first-order valence-corrected chi connectivity index (χ1v) is 10.4. The SMILES string of the molecule is CCCCCCCCN(CCCCCCCC)CC(=O)OC(C)(N)N. The van der Waals surface area contributed by atoms with E-state index in [1.807, 2.05) is 0 Å². The highest BCUT2D eigenvalue weighted by atomic mass is 16.6. The zero-order valence-electron chi connectivity index (χ0n) is 17.0. The van der Waals surface area contributed by atoms with E-state index in [0.717, 1.165) is 25.9 Å². The zero-order chi connectivity index (χ0) is 19.0. The van der Waals surface area contributed by atoms with Crippen LogP contribution in [-0.2, 0) is 9.53 Å². The fourth-order valence-electron chi connectivity index (χ4n) is 2.96. The van der Waals surface area contributed by atoms with Gasteiger partial charge in [0.25, 0.3) is 0 Å². The van der Waals surface area contributed by atoms with E-state index < -0.39 is 5.85 Å². The third-order valence-corrected chi connectivity index (χ3v) is 4.34. The number of hydrogen-bond donors (Lipinski definition) is 2. The Kier molecular flexibility index (Phi) is 15.2. The number of carbonyl (C=O) groups excluding carboxylic acids is 1. The molecule has 0 saturated carbocycles. The number of nitrogens with zero attached hydrogens (tertiary/aromatic N) is 1. The first-order valence-electron chi connectivity index (χ1n) is 10.4. The Morgan fingerprint density at radius 3 is 1.60 bits per heavy atom. The number of hydrogen-bond acceptors (Lipinski definition) is 5. The largest absolute Gasteiger partial charge is 0.430 e. The fourth-order valence-corrected chi connectivity index (χ4v) is 2.96. The summed E-state index contributed by atoms with van der Waals surface area (Å²) in [6.45, 7) is 8.14. The summed E-state index contributed by atoms with van der Waals surface area (Å²) in [5, 5.41) is 0. The minimum atomic E-state index is -1.39. The van der Waals surface area contributed by atoms with Crippen molar-refractivity contribution >= 4 is 5.97 Å². The van der Waals surface area contributed by atoms with Gasteiger partial charge in [-0.15, -0.1) is 0 Å². The van der Waals surface area contributed by atoms with Crippen molar-refractivity contribution in [1.82, 2.24) is 4.90 Å². The third-order valence-electron chi connectivity index (χ3n) is 4.34. The molecule has 0 aromatic rings. The molecule has 0 unspecified atom stereocenters. The second-order valence-corrected chi connectivity index (χ2v) is 7.47. The summed E-state index contributed by atoms with van der Waals surface area (Å²) in [6, 6.07) is 0. The molecule has 0 aliphatic heterocycles. The van der Waals surface area contributed by atoms with Gasteiger partial charge in [0.05, 0.1) is 6.54 Å². The lowest BCUT2D eigenvalue weighted by molar-refractivity contribution is -0.158. The van der Waals surface area contributed by atoms with E-state index in [-0.39, 0.29) is 12.5 Å². The van der Waals surface area contributed by atoms with Gasteiger partial charge in [0.2, 0.25) is 5.85 Å². The molecule has 0 heterocycles. The minimum absolute atomic E-state index is 0.286. The van der Waals surface area contributed by atoms with E-state index in [9.17, 15) is 4.79 Å². The molecule has 0 spiro atoms. The predicted molar refractivity (Wildman–Crippen MR) is 106 cm³/mol. The fraction of sp³-hybridized carbons (Fsp3) is 0.950. The van der Waals surface area contributed by atoms with Crippen molar-refractivity contribution in [2.75, 3.05) is 19.6 Å².